The molecule has 0 bridgehead atoms. The Morgan fingerprint density at radius 1 is 0.667 bits per heavy atom. The molecule has 4 aromatic heterocycles. The Morgan fingerprint density at radius 2 is 1.14 bits per heavy atom. The average Bonchev–Trinajstić information content (AvgIpc) is 3.88. The van der Waals surface area contributed by atoms with Crippen LogP contribution in [0.3, 0.4) is 0 Å². The van der Waals surface area contributed by atoms with Gasteiger partial charge >= 0.3 is 0 Å². The molecule has 5 N–H and O–H groups in total. The highest BCUT2D eigenvalue weighted by Crippen LogP contribution is 2.63. The maximum atomic E-state index is 12.9. The normalized spacial score (nSPS) is 26.6. The van der Waals surface area contributed by atoms with Crippen LogP contribution in [0.5, 0.6) is 0 Å². The van der Waals surface area contributed by atoms with E-state index in [4.69, 9.17) is 0 Å². The van der Waals surface area contributed by atoms with Gasteiger partial charge in [-0.05, 0) is 105 Å². The molecule has 12 rings (SSSR count). The highest BCUT2D eigenvalue weighted by atomic mass is 32.1. The van der Waals surface area contributed by atoms with Gasteiger partial charge in [0.25, 0.3) is 22.9 Å². The lowest BCUT2D eigenvalue weighted by Gasteiger charge is -2.57. The van der Waals surface area contributed by atoms with Gasteiger partial charge in [-0.1, -0.05) is 36.4 Å². The van der Waals surface area contributed by atoms with Crippen molar-refractivity contribution in [3.05, 3.63) is 123 Å². The number of hydrogen-bond acceptors (Lipinski definition) is 10. The monoisotopic (exact) mass is 882 g/mol. The minimum Gasteiger partial charge on any atom is -0.349 e. The summed E-state index contributed by atoms with van der Waals surface area (Å²) < 4.78 is 0. The summed E-state index contributed by atoms with van der Waals surface area (Å²) in [5.41, 5.74) is 6.39. The summed E-state index contributed by atoms with van der Waals surface area (Å²) in [6.45, 7) is 4.73. The molecular weight excluding hydrogens is 833 g/mol. The predicted octanol–water partition coefficient (Wildman–Crippen LogP) is 6.43. The second-order valence-electron chi connectivity index (χ2n) is 19.1. The first-order valence-electron chi connectivity index (χ1n) is 22.3. The molecule has 6 aromatic rings. The molecule has 0 unspecified atom stereocenters. The zero-order chi connectivity index (χ0) is 43.0. The molecule has 4 saturated carbocycles. The van der Waals surface area contributed by atoms with E-state index in [0.29, 0.717) is 35.7 Å². The van der Waals surface area contributed by atoms with Crippen LogP contribution in [0, 0.1) is 10.8 Å². The first-order chi connectivity index (χ1) is 30.5. The first kappa shape index (κ1) is 40.3. The summed E-state index contributed by atoms with van der Waals surface area (Å²) in [5, 5.41) is 31.3. The summed E-state index contributed by atoms with van der Waals surface area (Å²) in [6.07, 6.45) is 10.1. The molecule has 0 atom stereocenters. The standard InChI is InChI=1S/C25H26N4O3S.C23H24N4O2S/c1-14(30)29-7-6-17-20(13-33-21(17)12-29)23(31)26-16-10-25(11-16)8-15(9-25)22-18-4-2-3-5-19(18)24(32)28-27-22;28-21(18-12-30-19-11-24-6-5-15(18)19)25-14-9-23(10-14)7-13(8-23)20-16-3-1-2-4-17(16)22(29)27-26-20/h2-5,13,15-16H,6-12H2,1H3,(H,26,31)(H,28,32);1-4,12-14,24H,5-11H2,(H,25,28)(H,27,29). The lowest BCUT2D eigenvalue weighted by atomic mass is 9.49. The van der Waals surface area contributed by atoms with E-state index in [0.717, 1.165) is 126 Å². The molecule has 2 aromatic carbocycles. The Balaban J connectivity index is 0.000000142. The molecule has 6 aliphatic rings. The zero-order valence-electron chi connectivity index (χ0n) is 35.2. The molecule has 324 valence electrons. The fourth-order valence-electron chi connectivity index (χ4n) is 11.9. The molecule has 2 spiro atoms. The molecule has 4 aliphatic carbocycles. The topological polar surface area (TPSA) is 182 Å². The van der Waals surface area contributed by atoms with Gasteiger partial charge < -0.3 is 20.9 Å². The van der Waals surface area contributed by atoms with Gasteiger partial charge in [-0.25, -0.2) is 10.2 Å². The zero-order valence-corrected chi connectivity index (χ0v) is 36.8. The van der Waals surface area contributed by atoms with Gasteiger partial charge in [0.1, 0.15) is 0 Å². The Hall–Kier alpha value is -5.51. The van der Waals surface area contributed by atoms with Crippen LogP contribution in [-0.4, -0.2) is 68.2 Å². The molecule has 6 heterocycles. The number of carbonyl (C=O) groups excluding carboxylic acids is 3. The summed E-state index contributed by atoms with van der Waals surface area (Å²) in [7, 11) is 0. The van der Waals surface area contributed by atoms with E-state index in [-0.39, 0.29) is 46.3 Å². The summed E-state index contributed by atoms with van der Waals surface area (Å²) >= 11 is 3.28. The van der Waals surface area contributed by atoms with E-state index in [2.05, 4.69) is 36.3 Å². The van der Waals surface area contributed by atoms with Crippen molar-refractivity contribution in [2.45, 2.75) is 108 Å². The van der Waals surface area contributed by atoms with Crippen LogP contribution in [0.15, 0.2) is 68.9 Å². The van der Waals surface area contributed by atoms with Crippen LogP contribution in [0.4, 0.5) is 0 Å². The van der Waals surface area contributed by atoms with Crippen molar-refractivity contribution in [3.63, 3.8) is 0 Å². The number of aromatic amines is 2. The van der Waals surface area contributed by atoms with Gasteiger partial charge in [-0.15, -0.1) is 22.7 Å². The first-order valence-corrected chi connectivity index (χ1v) is 24.0. The van der Waals surface area contributed by atoms with Gasteiger partial charge in [-0.3, -0.25) is 24.0 Å². The Bertz CT molecular complexity index is 2920. The van der Waals surface area contributed by atoms with Crippen molar-refractivity contribution < 1.29 is 14.4 Å². The maximum absolute atomic E-state index is 12.9. The lowest BCUT2D eigenvalue weighted by Crippen LogP contribution is -2.55. The fourth-order valence-corrected chi connectivity index (χ4v) is 14.0. The number of aromatic nitrogens is 4. The number of fused-ring (bicyclic) bond motifs is 4. The second kappa shape index (κ2) is 15.6. The van der Waals surface area contributed by atoms with E-state index in [1.807, 2.05) is 64.2 Å². The molecule has 15 heteroatoms. The second-order valence-corrected chi connectivity index (χ2v) is 21.0. The van der Waals surface area contributed by atoms with Gasteiger partial charge in [0.2, 0.25) is 5.91 Å². The van der Waals surface area contributed by atoms with Crippen molar-refractivity contribution in [2.75, 3.05) is 13.1 Å². The molecule has 0 saturated heterocycles. The van der Waals surface area contributed by atoms with Crippen molar-refractivity contribution in [1.82, 2.24) is 41.2 Å². The number of nitrogens with zero attached hydrogens (tertiary/aromatic N) is 3. The molecule has 63 heavy (non-hydrogen) atoms. The molecule has 13 nitrogen and oxygen atoms in total. The van der Waals surface area contributed by atoms with Crippen LogP contribution >= 0.6 is 22.7 Å². The maximum Gasteiger partial charge on any atom is 0.272 e. The van der Waals surface area contributed by atoms with E-state index in [9.17, 15) is 24.0 Å². The third-order valence-corrected chi connectivity index (χ3v) is 17.1. The molecular formula is C48H50N8O5S2. The van der Waals surface area contributed by atoms with Crippen LogP contribution in [0.1, 0.15) is 123 Å². The quantitative estimate of drug-likeness (QED) is 0.127. The van der Waals surface area contributed by atoms with Crippen LogP contribution < -0.4 is 27.1 Å². The lowest BCUT2D eigenvalue weighted by molar-refractivity contribution is -0.129. The highest BCUT2D eigenvalue weighted by molar-refractivity contribution is 7.10. The number of carbonyl (C=O) groups is 3. The van der Waals surface area contributed by atoms with Crippen molar-refractivity contribution >= 4 is 61.9 Å². The van der Waals surface area contributed by atoms with E-state index in [1.54, 1.807) is 29.6 Å². The highest BCUT2D eigenvalue weighted by Gasteiger charge is 2.55. The predicted molar refractivity (Wildman–Crippen MR) is 243 cm³/mol. The summed E-state index contributed by atoms with van der Waals surface area (Å²) in [4.78, 5) is 65.8. The Kier molecular flexibility index (Phi) is 9.99. The molecule has 3 amide bonds. The Morgan fingerprint density at radius 3 is 1.65 bits per heavy atom. The molecule has 0 radical (unpaired) electrons. The van der Waals surface area contributed by atoms with Crippen molar-refractivity contribution in [1.29, 1.82) is 0 Å². The fraction of sp³-hybridized carbons (Fsp3) is 0.438. The number of H-pyrrole nitrogens is 2. The minimum atomic E-state index is -0.139. The average molecular weight is 883 g/mol. The van der Waals surface area contributed by atoms with Crippen molar-refractivity contribution in [2.24, 2.45) is 10.8 Å². The van der Waals surface area contributed by atoms with Crippen LogP contribution in [0.2, 0.25) is 0 Å². The molecule has 2 aliphatic heterocycles. The van der Waals surface area contributed by atoms with E-state index >= 15 is 0 Å². The Labute approximate surface area is 371 Å². The number of hydrogen-bond donors (Lipinski definition) is 5. The van der Waals surface area contributed by atoms with E-state index < -0.39 is 0 Å². The number of benzene rings is 2. The third kappa shape index (κ3) is 7.21. The van der Waals surface area contributed by atoms with Gasteiger partial charge in [-0.2, -0.15) is 10.2 Å². The summed E-state index contributed by atoms with van der Waals surface area (Å²) in [6, 6.07) is 15.9. The number of amides is 3. The van der Waals surface area contributed by atoms with E-state index in [1.165, 1.54) is 10.4 Å². The smallest absolute Gasteiger partial charge is 0.272 e. The van der Waals surface area contributed by atoms with Crippen molar-refractivity contribution in [3.8, 4) is 0 Å². The molecule has 4 fully saturated rings. The number of nitrogens with one attached hydrogen (secondary N) is 5. The SMILES string of the molecule is CC(=O)N1CCc2c(C(=O)NC3CC4(C3)CC(c3n[nH]c(=O)c5ccccc35)C4)csc2C1.O=C(NC1CC2(C1)CC(c1n[nH]c(=O)c3ccccc13)C2)c1csc2c1CCNC2. The van der Waals surface area contributed by atoms with Crippen LogP contribution in [-0.2, 0) is 30.7 Å². The van der Waals surface area contributed by atoms with Gasteiger partial charge in [0, 0.05) is 75.2 Å². The number of thiophene rings is 2. The third-order valence-electron chi connectivity index (χ3n) is 15.0. The van der Waals surface area contributed by atoms with Gasteiger partial charge in [0.05, 0.1) is 39.8 Å². The largest absolute Gasteiger partial charge is 0.349 e. The van der Waals surface area contributed by atoms with Crippen LogP contribution in [0.25, 0.3) is 21.5 Å². The van der Waals surface area contributed by atoms with Gasteiger partial charge in [0.15, 0.2) is 0 Å². The number of rotatable bonds is 6. The minimum absolute atomic E-state index is 0.0211. The summed E-state index contributed by atoms with van der Waals surface area (Å²) in [5.74, 6) is 0.950.